The van der Waals surface area contributed by atoms with Crippen molar-refractivity contribution < 1.29 is 4.79 Å². The molecule has 0 aromatic carbocycles. The molecule has 0 aliphatic carbocycles. The van der Waals surface area contributed by atoms with Crippen LogP contribution >= 0.6 is 11.3 Å². The third-order valence-corrected chi connectivity index (χ3v) is 6.69. The predicted octanol–water partition coefficient (Wildman–Crippen LogP) is 1.68. The second kappa shape index (κ2) is 8.39. The molecule has 2 fully saturated rings. The summed E-state index contributed by atoms with van der Waals surface area (Å²) < 4.78 is 1.96. The summed E-state index contributed by atoms with van der Waals surface area (Å²) in [6.07, 6.45) is 9.37. The molecule has 0 radical (unpaired) electrons. The molecule has 2 aliphatic heterocycles. The molecule has 3 aromatic heterocycles. The molecule has 2 saturated heterocycles. The van der Waals surface area contributed by atoms with E-state index in [1.165, 1.54) is 0 Å². The van der Waals surface area contributed by atoms with E-state index in [-0.39, 0.29) is 11.8 Å². The summed E-state index contributed by atoms with van der Waals surface area (Å²) in [6, 6.07) is 5.76. The first kappa shape index (κ1) is 19.0. The van der Waals surface area contributed by atoms with Gasteiger partial charge in [-0.1, -0.05) is 11.3 Å². The first-order valence-corrected chi connectivity index (χ1v) is 11.1. The molecule has 0 spiro atoms. The number of hydrogen-bond donors (Lipinski definition) is 0. The highest BCUT2D eigenvalue weighted by Crippen LogP contribution is 2.28. The second-order valence-electron chi connectivity index (χ2n) is 7.60. The first-order valence-electron chi connectivity index (χ1n) is 10.3. The number of carbonyl (C=O) groups is 1. The molecule has 30 heavy (non-hydrogen) atoms. The van der Waals surface area contributed by atoms with Crippen LogP contribution in [0.5, 0.6) is 0 Å². The van der Waals surface area contributed by atoms with E-state index in [4.69, 9.17) is 0 Å². The van der Waals surface area contributed by atoms with Crippen LogP contribution in [0.15, 0.2) is 43.0 Å². The maximum Gasteiger partial charge on any atom is 0.227 e. The fourth-order valence-electron chi connectivity index (χ4n) is 4.09. The molecule has 5 heterocycles. The minimum atomic E-state index is 0.0113. The van der Waals surface area contributed by atoms with E-state index in [1.54, 1.807) is 23.7 Å². The Morgan fingerprint density at radius 1 is 0.900 bits per heavy atom. The lowest BCUT2D eigenvalue weighted by atomic mass is 9.96. The van der Waals surface area contributed by atoms with Crippen molar-refractivity contribution in [3.8, 4) is 5.13 Å². The van der Waals surface area contributed by atoms with Crippen LogP contribution in [0.3, 0.4) is 0 Å². The average Bonchev–Trinajstić information content (AvgIpc) is 3.52. The zero-order valence-corrected chi connectivity index (χ0v) is 17.5. The van der Waals surface area contributed by atoms with E-state index in [1.807, 2.05) is 40.1 Å². The largest absolute Gasteiger partial charge is 0.346 e. The van der Waals surface area contributed by atoms with Crippen LogP contribution in [0.4, 0.5) is 11.1 Å². The van der Waals surface area contributed by atoms with Gasteiger partial charge in [-0.2, -0.15) is 0 Å². The smallest absolute Gasteiger partial charge is 0.227 e. The highest BCUT2D eigenvalue weighted by molar-refractivity contribution is 7.17. The Morgan fingerprint density at radius 3 is 2.40 bits per heavy atom. The Bertz CT molecular complexity index is 968. The summed E-state index contributed by atoms with van der Waals surface area (Å²) in [5, 5.41) is 10.4. The Labute approximate surface area is 179 Å². The number of piperidine rings is 1. The van der Waals surface area contributed by atoms with Gasteiger partial charge >= 0.3 is 0 Å². The van der Waals surface area contributed by atoms with Gasteiger partial charge < -0.3 is 14.7 Å². The molecular formula is C20H24N8OS. The van der Waals surface area contributed by atoms with Gasteiger partial charge in [0, 0.05) is 64.1 Å². The van der Waals surface area contributed by atoms with Gasteiger partial charge in [-0.05, 0) is 31.0 Å². The van der Waals surface area contributed by atoms with Crippen LogP contribution in [0, 0.1) is 5.92 Å². The van der Waals surface area contributed by atoms with Crippen LogP contribution in [-0.4, -0.2) is 74.8 Å². The van der Waals surface area contributed by atoms with Crippen molar-refractivity contribution in [2.45, 2.75) is 12.8 Å². The lowest BCUT2D eigenvalue weighted by Gasteiger charge is -2.38. The fourth-order valence-corrected chi connectivity index (χ4v) is 4.94. The van der Waals surface area contributed by atoms with Crippen molar-refractivity contribution in [3.63, 3.8) is 0 Å². The number of hydrogen-bond acceptors (Lipinski definition) is 8. The molecule has 156 valence electrons. The maximum absolute atomic E-state index is 13.2. The van der Waals surface area contributed by atoms with E-state index in [0.717, 1.165) is 48.7 Å². The third kappa shape index (κ3) is 3.87. The number of piperazine rings is 1. The fraction of sp³-hybridized carbons (Fsp3) is 0.450. The molecule has 2 aliphatic rings. The molecule has 3 aromatic rings. The summed E-state index contributed by atoms with van der Waals surface area (Å²) in [4.78, 5) is 28.2. The van der Waals surface area contributed by atoms with E-state index >= 15 is 0 Å². The van der Waals surface area contributed by atoms with E-state index in [9.17, 15) is 4.79 Å². The molecule has 10 heteroatoms. The van der Waals surface area contributed by atoms with E-state index in [0.29, 0.717) is 19.6 Å². The molecule has 1 atom stereocenters. The van der Waals surface area contributed by atoms with Gasteiger partial charge in [0.15, 0.2) is 0 Å². The van der Waals surface area contributed by atoms with E-state index in [2.05, 4.69) is 30.0 Å². The summed E-state index contributed by atoms with van der Waals surface area (Å²) in [7, 11) is 0. The molecule has 0 N–H and O–H groups in total. The van der Waals surface area contributed by atoms with Crippen LogP contribution in [0.25, 0.3) is 5.13 Å². The van der Waals surface area contributed by atoms with Crippen molar-refractivity contribution in [2.24, 2.45) is 5.92 Å². The number of rotatable bonds is 4. The van der Waals surface area contributed by atoms with Crippen molar-refractivity contribution in [3.05, 3.63) is 43.0 Å². The van der Waals surface area contributed by atoms with Gasteiger partial charge in [-0.25, -0.2) is 9.97 Å². The Morgan fingerprint density at radius 2 is 1.63 bits per heavy atom. The topological polar surface area (TPSA) is 83.3 Å². The van der Waals surface area contributed by atoms with Gasteiger partial charge in [0.05, 0.1) is 5.92 Å². The van der Waals surface area contributed by atoms with E-state index < -0.39 is 0 Å². The lowest BCUT2D eigenvalue weighted by Crippen LogP contribution is -2.53. The maximum atomic E-state index is 13.2. The van der Waals surface area contributed by atoms with Gasteiger partial charge in [0.25, 0.3) is 0 Å². The summed E-state index contributed by atoms with van der Waals surface area (Å²) in [5.74, 6) is 1.00. The Kier molecular flexibility index (Phi) is 5.31. The van der Waals surface area contributed by atoms with Gasteiger partial charge in [0.1, 0.15) is 0 Å². The zero-order chi connectivity index (χ0) is 20.3. The van der Waals surface area contributed by atoms with Crippen molar-refractivity contribution >= 4 is 28.3 Å². The van der Waals surface area contributed by atoms with Gasteiger partial charge in [-0.15, -0.1) is 10.2 Å². The molecule has 0 bridgehead atoms. The third-order valence-electron chi connectivity index (χ3n) is 5.70. The molecule has 1 amide bonds. The highest BCUT2D eigenvalue weighted by Gasteiger charge is 2.32. The molecule has 0 saturated carbocycles. The van der Waals surface area contributed by atoms with Crippen molar-refractivity contribution in [1.29, 1.82) is 0 Å². The van der Waals surface area contributed by atoms with Crippen LogP contribution in [-0.2, 0) is 4.79 Å². The number of nitrogens with zero attached hydrogens (tertiary/aromatic N) is 8. The summed E-state index contributed by atoms with van der Waals surface area (Å²) in [6.45, 7) is 4.59. The van der Waals surface area contributed by atoms with Crippen molar-refractivity contribution in [1.82, 2.24) is 29.6 Å². The molecule has 5 rings (SSSR count). The minimum Gasteiger partial charge on any atom is -0.346 e. The Balaban J connectivity index is 1.20. The van der Waals surface area contributed by atoms with Crippen LogP contribution in [0.2, 0.25) is 0 Å². The predicted molar refractivity (Wildman–Crippen MR) is 115 cm³/mol. The highest BCUT2D eigenvalue weighted by atomic mass is 32.1. The quantitative estimate of drug-likeness (QED) is 0.630. The van der Waals surface area contributed by atoms with Crippen LogP contribution < -0.4 is 9.80 Å². The number of aromatic nitrogens is 5. The standard InChI is InChI=1S/C20H24N8OS/c29-17(25-11-13-26(14-12-25)18-21-6-4-7-22-18)16-5-3-10-28(15-16)20-24-23-19(30-20)27-8-1-2-9-27/h1-2,4,6-9,16H,3,5,10-15H2/t16-/m1/s1. The summed E-state index contributed by atoms with van der Waals surface area (Å²) in [5.41, 5.74) is 0. The lowest BCUT2D eigenvalue weighted by molar-refractivity contribution is -0.136. The van der Waals surface area contributed by atoms with Gasteiger partial charge in [-0.3, -0.25) is 9.36 Å². The zero-order valence-electron chi connectivity index (χ0n) is 16.7. The number of anilines is 2. The first-order chi connectivity index (χ1) is 14.8. The molecular weight excluding hydrogens is 400 g/mol. The SMILES string of the molecule is O=C([C@@H]1CCCN(c2nnc(-n3cccc3)s2)C1)N1CCN(c2ncccn2)CC1. The summed E-state index contributed by atoms with van der Waals surface area (Å²) >= 11 is 1.57. The normalized spacial score (nSPS) is 19.9. The average molecular weight is 425 g/mol. The monoisotopic (exact) mass is 424 g/mol. The van der Waals surface area contributed by atoms with Gasteiger partial charge in [0.2, 0.25) is 22.1 Å². The van der Waals surface area contributed by atoms with Crippen LogP contribution in [0.1, 0.15) is 12.8 Å². The number of amides is 1. The second-order valence-corrected chi connectivity index (χ2v) is 8.54. The van der Waals surface area contributed by atoms with Crippen molar-refractivity contribution in [2.75, 3.05) is 49.1 Å². The number of carbonyl (C=O) groups excluding carboxylic acids is 1. The molecule has 9 nitrogen and oxygen atoms in total. The Hall–Kier alpha value is -3.01. The molecule has 0 unspecified atom stereocenters. The minimum absolute atomic E-state index is 0.0113.